The van der Waals surface area contributed by atoms with Crippen LogP contribution < -0.4 is 0 Å². The third-order valence-corrected chi connectivity index (χ3v) is 10.7. The molecule has 3 aliphatic rings. The van der Waals surface area contributed by atoms with Crippen LogP contribution >= 0.6 is 11.3 Å². The Morgan fingerprint density at radius 1 is 0.833 bits per heavy atom. The van der Waals surface area contributed by atoms with Gasteiger partial charge in [0.1, 0.15) is 40.9 Å². The van der Waals surface area contributed by atoms with Gasteiger partial charge >= 0.3 is 11.9 Å². The van der Waals surface area contributed by atoms with E-state index in [0.717, 1.165) is 5.57 Å². The molecule has 0 radical (unpaired) electrons. The number of aliphatic hydroxyl groups excluding tert-OH is 2. The van der Waals surface area contributed by atoms with Crippen molar-refractivity contribution in [1.82, 2.24) is 15.0 Å². The highest BCUT2D eigenvalue weighted by molar-refractivity contribution is 7.10. The van der Waals surface area contributed by atoms with E-state index in [4.69, 9.17) is 14.2 Å². The van der Waals surface area contributed by atoms with Crippen LogP contribution in [0.5, 0.6) is 0 Å². The molecular weight excluding hydrogens is 703 g/mol. The van der Waals surface area contributed by atoms with E-state index in [9.17, 15) is 19.8 Å². The Morgan fingerprint density at radius 3 is 2.17 bits per heavy atom. The van der Waals surface area contributed by atoms with Gasteiger partial charge in [-0.1, -0.05) is 119 Å². The standard InChI is InChI=1S/C43H51N3O7S/c1-7-15-34(47)42(3,4)36-21-13-18-29-25-28(29)17-9-11-23-38-44-26-30(45-38)40(49)52-37(43(5,6)35(48)16-8-2)22-14-20-33-32(51-33)19-10-12-24-39-46-31(27-54-39)41(50)53-36/h7-20,23-28,32-37,47-48H,21-22H2,1-6H3,(H,44,45)/b15-7+,16-8+,17-9+,18-13-,19-10+,20-14-,23-11-,24-12-/t28-,32+,33-,34+,35+,36+,37+/m1/s1. The predicted molar refractivity (Wildman–Crippen MR) is 212 cm³/mol. The lowest BCUT2D eigenvalue weighted by Gasteiger charge is -2.36. The summed E-state index contributed by atoms with van der Waals surface area (Å²) in [7, 11) is 0. The van der Waals surface area contributed by atoms with Crippen LogP contribution in [0.15, 0.2) is 108 Å². The van der Waals surface area contributed by atoms with E-state index in [1.165, 1.54) is 17.5 Å². The minimum atomic E-state index is -0.842. The fourth-order valence-corrected chi connectivity index (χ4v) is 6.55. The first kappa shape index (κ1) is 40.5. The second-order valence-corrected chi connectivity index (χ2v) is 15.6. The second-order valence-electron chi connectivity index (χ2n) is 14.7. The number of epoxide rings is 1. The van der Waals surface area contributed by atoms with Gasteiger partial charge in [-0.15, -0.1) is 11.3 Å². The largest absolute Gasteiger partial charge is 0.457 e. The molecule has 0 unspecified atom stereocenters. The highest BCUT2D eigenvalue weighted by Crippen LogP contribution is 2.36. The van der Waals surface area contributed by atoms with E-state index in [-0.39, 0.29) is 29.5 Å². The number of thiazole rings is 1. The van der Waals surface area contributed by atoms with Gasteiger partial charge in [0.05, 0.1) is 18.4 Å². The van der Waals surface area contributed by atoms with Crippen LogP contribution in [0.3, 0.4) is 0 Å². The molecule has 4 heterocycles. The molecule has 3 N–H and O–H groups in total. The first-order valence-electron chi connectivity index (χ1n) is 18.3. The van der Waals surface area contributed by atoms with Crippen LogP contribution in [0.4, 0.5) is 0 Å². The molecule has 1 aliphatic carbocycles. The lowest BCUT2D eigenvalue weighted by molar-refractivity contribution is -0.0461. The van der Waals surface area contributed by atoms with Crippen molar-refractivity contribution < 1.29 is 34.0 Å². The highest BCUT2D eigenvalue weighted by atomic mass is 32.1. The average Bonchev–Trinajstić information content (AvgIpc) is 3.93. The van der Waals surface area contributed by atoms with Crippen LogP contribution in [0.25, 0.3) is 12.2 Å². The number of fused-ring (bicyclic) bond motifs is 6. The van der Waals surface area contributed by atoms with Gasteiger partial charge in [-0.3, -0.25) is 0 Å². The van der Waals surface area contributed by atoms with Gasteiger partial charge < -0.3 is 29.4 Å². The maximum Gasteiger partial charge on any atom is 0.358 e. The second kappa shape index (κ2) is 18.1. The van der Waals surface area contributed by atoms with Crippen LogP contribution in [0.1, 0.15) is 86.2 Å². The number of nitrogens with zero attached hydrogens (tertiary/aromatic N) is 2. The van der Waals surface area contributed by atoms with Gasteiger partial charge in [-0.05, 0) is 31.6 Å². The number of cyclic esters (lactones) is 2. The number of aromatic amines is 1. The van der Waals surface area contributed by atoms with E-state index < -0.39 is 47.2 Å². The number of esters is 2. The van der Waals surface area contributed by atoms with Crippen LogP contribution in [0.2, 0.25) is 0 Å². The van der Waals surface area contributed by atoms with Gasteiger partial charge in [-0.2, -0.15) is 0 Å². The van der Waals surface area contributed by atoms with Crippen molar-refractivity contribution in [2.75, 3.05) is 0 Å². The number of rotatable bonds is 6. The molecule has 0 aromatic carbocycles. The number of carbonyl (C=O) groups is 2. The summed E-state index contributed by atoms with van der Waals surface area (Å²) in [5.74, 6) is -0.442. The summed E-state index contributed by atoms with van der Waals surface area (Å²) in [5, 5.41) is 24.1. The minimum Gasteiger partial charge on any atom is -0.457 e. The quantitative estimate of drug-likeness (QED) is 0.152. The molecule has 286 valence electrons. The van der Waals surface area contributed by atoms with Crippen molar-refractivity contribution in [3.63, 3.8) is 0 Å². The van der Waals surface area contributed by atoms with E-state index >= 15 is 0 Å². The van der Waals surface area contributed by atoms with Gasteiger partial charge in [0.2, 0.25) is 0 Å². The van der Waals surface area contributed by atoms with Crippen molar-refractivity contribution in [3.05, 3.63) is 131 Å². The maximum absolute atomic E-state index is 13.3. The Balaban J connectivity index is 1.35. The van der Waals surface area contributed by atoms with Crippen LogP contribution in [-0.4, -0.2) is 73.7 Å². The normalized spacial score (nSPS) is 29.0. The number of imidazole rings is 1. The fraction of sp³-hybridized carbons (Fsp3) is 0.395. The fourth-order valence-electron chi connectivity index (χ4n) is 5.86. The van der Waals surface area contributed by atoms with Crippen LogP contribution in [-0.2, 0) is 14.2 Å². The lowest BCUT2D eigenvalue weighted by Crippen LogP contribution is -2.42. The van der Waals surface area contributed by atoms with E-state index in [1.54, 1.807) is 35.8 Å². The van der Waals surface area contributed by atoms with Crippen LogP contribution in [0, 0.1) is 16.7 Å². The number of aromatic nitrogens is 3. The van der Waals surface area contributed by atoms with Gasteiger partial charge in [0.15, 0.2) is 5.69 Å². The Labute approximate surface area is 321 Å². The van der Waals surface area contributed by atoms with Crippen molar-refractivity contribution in [1.29, 1.82) is 0 Å². The molecule has 2 aliphatic heterocycles. The topological polar surface area (TPSA) is 147 Å². The zero-order valence-electron chi connectivity index (χ0n) is 31.7. The molecular formula is C43H51N3O7S. The van der Waals surface area contributed by atoms with E-state index in [1.807, 2.05) is 108 Å². The molecule has 1 fully saturated rings. The molecule has 2 aromatic heterocycles. The van der Waals surface area contributed by atoms with Gasteiger partial charge in [-0.25, -0.2) is 19.6 Å². The summed E-state index contributed by atoms with van der Waals surface area (Å²) in [6.07, 6.45) is 30.9. The zero-order chi connectivity index (χ0) is 38.9. The third kappa shape index (κ3) is 10.7. The molecule has 1 saturated heterocycles. The number of H-pyrrole nitrogens is 1. The van der Waals surface area contributed by atoms with Crippen molar-refractivity contribution in [3.8, 4) is 0 Å². The summed E-state index contributed by atoms with van der Waals surface area (Å²) in [5.41, 5.74) is -0.0201. The first-order chi connectivity index (χ1) is 25.8. The number of hydrogen-bond acceptors (Lipinski definition) is 10. The molecule has 0 saturated carbocycles. The van der Waals surface area contributed by atoms with E-state index in [2.05, 4.69) is 21.0 Å². The number of allylic oxidation sites excluding steroid dienone is 10. The lowest BCUT2D eigenvalue weighted by atomic mass is 9.79. The number of carbonyl (C=O) groups excluding carboxylic acids is 2. The Bertz CT molecular complexity index is 1900. The summed E-state index contributed by atoms with van der Waals surface area (Å²) < 4.78 is 17.8. The molecule has 0 spiro atoms. The maximum atomic E-state index is 13.3. The molecule has 7 atom stereocenters. The predicted octanol–water partition coefficient (Wildman–Crippen LogP) is 7.91. The number of hydrogen-bond donors (Lipinski definition) is 3. The monoisotopic (exact) mass is 753 g/mol. The van der Waals surface area contributed by atoms with Crippen molar-refractivity contribution in [2.45, 2.75) is 91.0 Å². The Hall–Kier alpha value is -4.68. The highest BCUT2D eigenvalue weighted by Gasteiger charge is 2.40. The Morgan fingerprint density at radius 2 is 1.46 bits per heavy atom. The summed E-state index contributed by atoms with van der Waals surface area (Å²) in [6, 6.07) is 0. The number of ether oxygens (including phenoxy) is 3. The van der Waals surface area contributed by atoms with Crippen molar-refractivity contribution in [2.24, 2.45) is 16.7 Å². The molecule has 5 rings (SSSR count). The third-order valence-electron chi connectivity index (χ3n) is 9.86. The smallest absolute Gasteiger partial charge is 0.358 e. The number of nitrogens with one attached hydrogen (secondary N) is 1. The first-order valence-corrected chi connectivity index (χ1v) is 19.2. The molecule has 2 aromatic rings. The minimum absolute atomic E-state index is 0.114. The van der Waals surface area contributed by atoms with Gasteiger partial charge in [0, 0.05) is 35.0 Å². The number of aliphatic hydroxyl groups is 2. The molecule has 11 heteroatoms. The SMILES string of the molecule is C/C=C/[C@H](O)C(C)(C)[C@@H]1C/C=C\C2=C[C@H]2/C=C/C=C\c2ncc([nH]2)C(=O)O[C@H](C(C)(C)[C@@H](O)/C=C/C)C/C=C\[C@H]2O[C@H]2/C=C/C=C\c2nc(cs2)C(=O)O1. The summed E-state index contributed by atoms with van der Waals surface area (Å²) in [4.78, 5) is 38.4. The Kier molecular flexibility index (Phi) is 13.6. The summed E-state index contributed by atoms with van der Waals surface area (Å²) >= 11 is 1.33. The molecule has 4 bridgehead atoms. The van der Waals surface area contributed by atoms with Gasteiger partial charge in [0.25, 0.3) is 0 Å². The zero-order valence-corrected chi connectivity index (χ0v) is 32.5. The summed E-state index contributed by atoms with van der Waals surface area (Å²) in [6.45, 7) is 11.2. The molecule has 10 nitrogen and oxygen atoms in total. The van der Waals surface area contributed by atoms with Crippen molar-refractivity contribution >= 4 is 35.4 Å². The average molecular weight is 754 g/mol. The molecule has 54 heavy (non-hydrogen) atoms. The molecule has 0 amide bonds. The van der Waals surface area contributed by atoms with E-state index in [0.29, 0.717) is 23.7 Å².